The highest BCUT2D eigenvalue weighted by atomic mass is 16.6. The van der Waals surface area contributed by atoms with E-state index in [-0.39, 0.29) is 25.4 Å². The van der Waals surface area contributed by atoms with Gasteiger partial charge in [-0.15, -0.1) is 0 Å². The number of carbonyl (C=O) groups is 1. The lowest BCUT2D eigenvalue weighted by molar-refractivity contribution is -0.132. The summed E-state index contributed by atoms with van der Waals surface area (Å²) in [6.45, 7) is 6.34. The quantitative estimate of drug-likeness (QED) is 0.393. The summed E-state index contributed by atoms with van der Waals surface area (Å²) in [5.41, 5.74) is -0.491. The molecule has 0 aromatic carbocycles. The first-order chi connectivity index (χ1) is 9.30. The Bertz CT molecular complexity index is 205. The lowest BCUT2D eigenvalue weighted by Crippen LogP contribution is -2.32. The average molecular weight is 296 g/mol. The topological polar surface area (TPSA) is 116 Å². The second-order valence-electron chi connectivity index (χ2n) is 4.11. The summed E-state index contributed by atoms with van der Waals surface area (Å²) in [5, 5.41) is 33.9. The van der Waals surface area contributed by atoms with Crippen molar-refractivity contribution in [1.82, 2.24) is 0 Å². The van der Waals surface area contributed by atoms with Crippen LogP contribution in [0.2, 0.25) is 0 Å². The van der Waals surface area contributed by atoms with Crippen molar-refractivity contribution in [2.75, 3.05) is 40.8 Å². The van der Waals surface area contributed by atoms with Crippen molar-refractivity contribution in [1.29, 1.82) is 0 Å². The van der Waals surface area contributed by atoms with Gasteiger partial charge in [0, 0.05) is 25.2 Å². The number of hydrogen-bond acceptors (Lipinski definition) is 6. The molecule has 0 atom stereocenters. The second kappa shape index (κ2) is 16.1. The molecule has 0 fully saturated rings. The number of ether oxygens (including phenoxy) is 2. The summed E-state index contributed by atoms with van der Waals surface area (Å²) < 4.78 is 8.94. The highest BCUT2D eigenvalue weighted by Gasteiger charge is 2.24. The number of aliphatic hydroxyl groups excluding tert-OH is 3. The number of aliphatic carboxylic acids is 1. The van der Waals surface area contributed by atoms with Crippen LogP contribution in [0, 0.1) is 5.41 Å². The van der Waals surface area contributed by atoms with E-state index in [0.717, 1.165) is 0 Å². The molecule has 0 aliphatic heterocycles. The highest BCUT2D eigenvalue weighted by Crippen LogP contribution is 2.18. The van der Waals surface area contributed by atoms with E-state index in [2.05, 4.69) is 16.1 Å². The van der Waals surface area contributed by atoms with Crippen LogP contribution < -0.4 is 0 Å². The third kappa shape index (κ3) is 15.1. The predicted octanol–water partition coefficient (Wildman–Crippen LogP) is 0.243. The molecule has 4 N–H and O–H groups in total. The van der Waals surface area contributed by atoms with E-state index in [4.69, 9.17) is 20.4 Å². The largest absolute Gasteiger partial charge is 0.478 e. The Hall–Kier alpha value is -0.990. The van der Waals surface area contributed by atoms with Crippen molar-refractivity contribution in [3.63, 3.8) is 0 Å². The van der Waals surface area contributed by atoms with Crippen LogP contribution in [0.1, 0.15) is 20.3 Å². The van der Waals surface area contributed by atoms with Gasteiger partial charge < -0.3 is 29.9 Å². The van der Waals surface area contributed by atoms with Crippen LogP contribution in [0.15, 0.2) is 12.2 Å². The van der Waals surface area contributed by atoms with Gasteiger partial charge in [-0.05, 0) is 13.3 Å². The van der Waals surface area contributed by atoms with Crippen LogP contribution in [0.5, 0.6) is 0 Å². The summed E-state index contributed by atoms with van der Waals surface area (Å²) in [7, 11) is 3.17. The van der Waals surface area contributed by atoms with E-state index in [1.165, 1.54) is 6.92 Å². The minimum Gasteiger partial charge on any atom is -0.478 e. The lowest BCUT2D eigenvalue weighted by atomic mass is 9.88. The molecule has 0 radical (unpaired) electrons. The van der Waals surface area contributed by atoms with Gasteiger partial charge in [-0.1, -0.05) is 13.5 Å². The molecule has 0 aromatic heterocycles. The Balaban J connectivity index is -0.000000230. The normalized spacial score (nSPS) is 9.75. The van der Waals surface area contributed by atoms with E-state index in [1.807, 2.05) is 6.92 Å². The van der Waals surface area contributed by atoms with Crippen molar-refractivity contribution < 1.29 is 34.7 Å². The van der Waals surface area contributed by atoms with Crippen LogP contribution >= 0.6 is 0 Å². The van der Waals surface area contributed by atoms with E-state index in [1.54, 1.807) is 14.2 Å². The Kier molecular flexibility index (Phi) is 19.3. The van der Waals surface area contributed by atoms with Gasteiger partial charge in [-0.3, -0.25) is 0 Å². The predicted molar refractivity (Wildman–Crippen MR) is 75.3 cm³/mol. The van der Waals surface area contributed by atoms with E-state index in [9.17, 15) is 4.79 Å². The molecule has 7 heteroatoms. The fourth-order valence-electron chi connectivity index (χ4n) is 0.603. The van der Waals surface area contributed by atoms with Crippen molar-refractivity contribution >= 4 is 5.97 Å². The molecule has 122 valence electrons. The van der Waals surface area contributed by atoms with Gasteiger partial charge in [0.2, 0.25) is 0 Å². The number of hydrogen-bond donors (Lipinski definition) is 4. The van der Waals surface area contributed by atoms with Crippen molar-refractivity contribution in [2.24, 2.45) is 5.41 Å². The van der Waals surface area contributed by atoms with Gasteiger partial charge in [0.1, 0.15) is 6.79 Å². The molecular formula is C13H28O7. The number of methoxy groups -OCH3 is 2. The van der Waals surface area contributed by atoms with E-state index in [0.29, 0.717) is 13.2 Å². The number of carboxylic acid groups (broad SMARTS) is 1. The van der Waals surface area contributed by atoms with Gasteiger partial charge in [0.05, 0.1) is 19.8 Å². The Labute approximate surface area is 120 Å². The maximum absolute atomic E-state index is 9.60. The minimum atomic E-state index is -0.935. The molecule has 0 aromatic rings. The number of aliphatic hydroxyl groups is 3. The molecular weight excluding hydrogens is 268 g/mol. The molecule has 0 aliphatic carbocycles. The molecule has 0 unspecified atom stereocenters. The fraction of sp³-hybridized carbons (Fsp3) is 0.769. The summed E-state index contributed by atoms with van der Waals surface area (Å²) in [4.78, 5) is 9.60. The maximum atomic E-state index is 9.60. The summed E-state index contributed by atoms with van der Waals surface area (Å²) in [6.07, 6.45) is 0.594. The highest BCUT2D eigenvalue weighted by molar-refractivity contribution is 5.84. The van der Waals surface area contributed by atoms with Gasteiger partial charge >= 0.3 is 5.97 Å². The molecule has 0 spiro atoms. The molecule has 0 rings (SSSR count). The average Bonchev–Trinajstić information content (AvgIpc) is 2.44. The van der Waals surface area contributed by atoms with Gasteiger partial charge in [-0.25, -0.2) is 4.79 Å². The van der Waals surface area contributed by atoms with Gasteiger partial charge in [0.15, 0.2) is 0 Å². The fourth-order valence-corrected chi connectivity index (χ4v) is 0.603. The third-order valence-electron chi connectivity index (χ3n) is 2.36. The third-order valence-corrected chi connectivity index (χ3v) is 2.36. The van der Waals surface area contributed by atoms with Crippen LogP contribution in [-0.2, 0) is 14.3 Å². The molecule has 0 amide bonds. The second-order valence-corrected chi connectivity index (χ2v) is 4.11. The van der Waals surface area contributed by atoms with Gasteiger partial charge in [-0.2, -0.15) is 0 Å². The molecule has 0 aliphatic rings. The van der Waals surface area contributed by atoms with E-state index >= 15 is 0 Å². The first-order valence-electron chi connectivity index (χ1n) is 6.00. The molecule has 0 saturated heterocycles. The SMILES string of the molecule is C=C(C)C(=O)O.CCC(CO)(CO)CO.COCOC. The first kappa shape index (κ1) is 24.1. The molecule has 7 nitrogen and oxygen atoms in total. The Morgan fingerprint density at radius 2 is 1.40 bits per heavy atom. The molecule has 0 heterocycles. The van der Waals surface area contributed by atoms with Gasteiger partial charge in [0.25, 0.3) is 0 Å². The van der Waals surface area contributed by atoms with Crippen LogP contribution in [0.3, 0.4) is 0 Å². The number of carboxylic acids is 1. The van der Waals surface area contributed by atoms with Crippen molar-refractivity contribution in [2.45, 2.75) is 20.3 Å². The summed E-state index contributed by atoms with van der Waals surface area (Å²) in [5.74, 6) is -0.935. The Morgan fingerprint density at radius 3 is 1.40 bits per heavy atom. The van der Waals surface area contributed by atoms with Crippen molar-refractivity contribution in [3.8, 4) is 0 Å². The molecule has 20 heavy (non-hydrogen) atoms. The van der Waals surface area contributed by atoms with Crippen molar-refractivity contribution in [3.05, 3.63) is 12.2 Å². The zero-order valence-corrected chi connectivity index (χ0v) is 12.8. The lowest BCUT2D eigenvalue weighted by Gasteiger charge is -2.24. The standard InChI is InChI=1S/C6H14O3.C4H6O2.C3H8O2/c1-2-6(3-7,4-8)5-9;1-3(2)4(5)6;1-4-3-5-2/h7-9H,2-5H2,1H3;1H2,2H3,(H,5,6);3H2,1-2H3. The summed E-state index contributed by atoms with van der Waals surface area (Å²) >= 11 is 0. The number of rotatable bonds is 7. The van der Waals surface area contributed by atoms with E-state index < -0.39 is 11.4 Å². The zero-order valence-electron chi connectivity index (χ0n) is 12.8. The zero-order chi connectivity index (χ0) is 16.6. The van der Waals surface area contributed by atoms with Crippen LogP contribution in [0.25, 0.3) is 0 Å². The van der Waals surface area contributed by atoms with Crippen LogP contribution in [0.4, 0.5) is 0 Å². The Morgan fingerprint density at radius 1 is 1.10 bits per heavy atom. The summed E-state index contributed by atoms with van der Waals surface area (Å²) in [6, 6.07) is 0. The maximum Gasteiger partial charge on any atom is 0.330 e. The monoisotopic (exact) mass is 296 g/mol. The molecule has 0 bridgehead atoms. The smallest absolute Gasteiger partial charge is 0.330 e. The minimum absolute atomic E-state index is 0.156. The molecule has 0 saturated carbocycles. The van der Waals surface area contributed by atoms with Crippen LogP contribution in [-0.4, -0.2) is 67.2 Å². The first-order valence-corrected chi connectivity index (χ1v) is 6.00.